The van der Waals surface area contributed by atoms with Crippen molar-refractivity contribution in [2.75, 3.05) is 5.88 Å². The number of aryl methyl sites for hydroxylation is 1. The highest BCUT2D eigenvalue weighted by Crippen LogP contribution is 2.16. The second kappa shape index (κ2) is 5.12. The first-order chi connectivity index (χ1) is 7.04. The average molecular weight is 230 g/mol. The highest BCUT2D eigenvalue weighted by Gasteiger charge is 2.09. The van der Waals surface area contributed by atoms with Crippen LogP contribution in [0.1, 0.15) is 24.1 Å². The van der Waals surface area contributed by atoms with Crippen LogP contribution in [-0.4, -0.2) is 11.8 Å². The van der Waals surface area contributed by atoms with Crippen LogP contribution in [0.3, 0.4) is 0 Å². The van der Waals surface area contributed by atoms with Crippen LogP contribution >= 0.6 is 11.6 Å². The van der Waals surface area contributed by atoms with E-state index in [4.69, 9.17) is 11.6 Å². The number of amides is 1. The fourth-order valence-electron chi connectivity index (χ4n) is 1.24. The average Bonchev–Trinajstić information content (AvgIpc) is 2.21. The predicted molar refractivity (Wildman–Crippen MR) is 58.4 cm³/mol. The van der Waals surface area contributed by atoms with Crippen LogP contribution in [0.5, 0.6) is 0 Å². The first-order valence-electron chi connectivity index (χ1n) is 4.66. The van der Waals surface area contributed by atoms with Gasteiger partial charge in [0.15, 0.2) is 0 Å². The summed E-state index contributed by atoms with van der Waals surface area (Å²) in [4.78, 5) is 11.0. The molecule has 1 aromatic carbocycles. The zero-order chi connectivity index (χ0) is 11.4. The Balaban J connectivity index is 2.78. The summed E-state index contributed by atoms with van der Waals surface area (Å²) in [5.74, 6) is -0.608. The summed E-state index contributed by atoms with van der Waals surface area (Å²) in [7, 11) is 0. The van der Waals surface area contributed by atoms with Gasteiger partial charge >= 0.3 is 0 Å². The number of nitrogens with one attached hydrogen (secondary N) is 1. The zero-order valence-corrected chi connectivity index (χ0v) is 9.44. The molecule has 1 amide bonds. The molecule has 0 aromatic heterocycles. The summed E-state index contributed by atoms with van der Waals surface area (Å²) in [5.41, 5.74) is 1.33. The summed E-state index contributed by atoms with van der Waals surface area (Å²) in [6.07, 6.45) is 0. The minimum atomic E-state index is -0.264. The van der Waals surface area contributed by atoms with Crippen LogP contribution in [0, 0.1) is 12.7 Å². The van der Waals surface area contributed by atoms with Crippen LogP contribution in [0.25, 0.3) is 0 Å². The third-order valence-corrected chi connectivity index (χ3v) is 2.44. The lowest BCUT2D eigenvalue weighted by Crippen LogP contribution is -2.27. The summed E-state index contributed by atoms with van der Waals surface area (Å²) < 4.78 is 13.2. The molecule has 0 saturated heterocycles. The van der Waals surface area contributed by atoms with Gasteiger partial charge in [-0.25, -0.2) is 4.39 Å². The predicted octanol–water partition coefficient (Wildman–Crippen LogP) is 2.55. The maximum Gasteiger partial charge on any atom is 0.235 e. The molecule has 0 radical (unpaired) electrons. The molecule has 0 aliphatic carbocycles. The van der Waals surface area contributed by atoms with Gasteiger partial charge in [-0.3, -0.25) is 4.79 Å². The van der Waals surface area contributed by atoms with E-state index in [0.717, 1.165) is 5.56 Å². The number of alkyl halides is 1. The Hall–Kier alpha value is -1.09. The molecule has 0 fully saturated rings. The van der Waals surface area contributed by atoms with E-state index in [1.807, 2.05) is 0 Å². The normalized spacial score (nSPS) is 12.3. The molecular formula is C11H13ClFNO. The first kappa shape index (κ1) is 12.0. The molecular weight excluding hydrogens is 217 g/mol. The van der Waals surface area contributed by atoms with Gasteiger partial charge in [0.2, 0.25) is 5.91 Å². The molecule has 1 rings (SSSR count). The van der Waals surface area contributed by atoms with Gasteiger partial charge in [-0.2, -0.15) is 0 Å². The van der Waals surface area contributed by atoms with Crippen LogP contribution < -0.4 is 5.32 Å². The first-order valence-corrected chi connectivity index (χ1v) is 5.19. The van der Waals surface area contributed by atoms with Crippen molar-refractivity contribution in [3.8, 4) is 0 Å². The van der Waals surface area contributed by atoms with E-state index in [2.05, 4.69) is 5.32 Å². The minimum Gasteiger partial charge on any atom is -0.349 e. The Morgan fingerprint density at radius 1 is 1.60 bits per heavy atom. The largest absolute Gasteiger partial charge is 0.349 e. The minimum absolute atomic E-state index is 0.0846. The number of rotatable bonds is 3. The third kappa shape index (κ3) is 3.20. The molecule has 15 heavy (non-hydrogen) atoms. The van der Waals surface area contributed by atoms with E-state index in [0.29, 0.717) is 5.56 Å². The Labute approximate surface area is 93.4 Å². The van der Waals surface area contributed by atoms with Crippen molar-refractivity contribution in [1.82, 2.24) is 5.32 Å². The number of hydrogen-bond donors (Lipinski definition) is 1. The van der Waals surface area contributed by atoms with Gasteiger partial charge < -0.3 is 5.32 Å². The van der Waals surface area contributed by atoms with Crippen molar-refractivity contribution in [3.05, 3.63) is 35.1 Å². The van der Waals surface area contributed by atoms with E-state index >= 15 is 0 Å². The summed E-state index contributed by atoms with van der Waals surface area (Å²) in [5, 5.41) is 2.65. The number of carbonyl (C=O) groups excluding carboxylic acids is 1. The van der Waals surface area contributed by atoms with Gasteiger partial charge in [-0.1, -0.05) is 12.1 Å². The molecule has 4 heteroatoms. The highest BCUT2D eigenvalue weighted by atomic mass is 35.5. The van der Waals surface area contributed by atoms with Crippen molar-refractivity contribution in [3.63, 3.8) is 0 Å². The van der Waals surface area contributed by atoms with Gasteiger partial charge in [-0.05, 0) is 31.0 Å². The fourth-order valence-corrected chi connectivity index (χ4v) is 1.32. The summed E-state index contributed by atoms with van der Waals surface area (Å²) in [6.45, 7) is 3.48. The molecule has 2 nitrogen and oxygen atoms in total. The van der Waals surface area contributed by atoms with Crippen LogP contribution in [0.2, 0.25) is 0 Å². The second-order valence-corrected chi connectivity index (χ2v) is 3.70. The molecule has 0 unspecified atom stereocenters. The molecule has 0 spiro atoms. The van der Waals surface area contributed by atoms with E-state index in [1.165, 1.54) is 6.07 Å². The molecule has 0 bridgehead atoms. The molecule has 0 heterocycles. The molecule has 82 valence electrons. The summed E-state index contributed by atoms with van der Waals surface area (Å²) >= 11 is 5.35. The third-order valence-electron chi connectivity index (χ3n) is 2.19. The quantitative estimate of drug-likeness (QED) is 0.793. The fraction of sp³-hybridized carbons (Fsp3) is 0.364. The topological polar surface area (TPSA) is 29.1 Å². The number of benzene rings is 1. The van der Waals surface area contributed by atoms with Gasteiger partial charge in [-0.15, -0.1) is 11.6 Å². The maximum atomic E-state index is 13.2. The lowest BCUT2D eigenvalue weighted by Gasteiger charge is -2.13. The van der Waals surface area contributed by atoms with Crippen LogP contribution in [0.4, 0.5) is 4.39 Å². The molecule has 0 aliphatic rings. The highest BCUT2D eigenvalue weighted by molar-refractivity contribution is 6.27. The van der Waals surface area contributed by atoms with Gasteiger partial charge in [0.25, 0.3) is 0 Å². The van der Waals surface area contributed by atoms with Crippen molar-refractivity contribution in [2.45, 2.75) is 19.9 Å². The maximum absolute atomic E-state index is 13.2. The van der Waals surface area contributed by atoms with Crippen LogP contribution in [0.15, 0.2) is 18.2 Å². The van der Waals surface area contributed by atoms with E-state index in [-0.39, 0.29) is 23.6 Å². The number of hydrogen-bond acceptors (Lipinski definition) is 1. The Bertz CT molecular complexity index is 368. The standard InChI is InChI=1S/C11H13ClFNO/c1-7-3-4-9(5-10(7)13)8(2)14-11(15)6-12/h3-5,8H,6H2,1-2H3,(H,14,15)/t8-/m1/s1. The van der Waals surface area contributed by atoms with Gasteiger partial charge in [0.05, 0.1) is 6.04 Å². The van der Waals surface area contributed by atoms with E-state index < -0.39 is 0 Å². The van der Waals surface area contributed by atoms with Gasteiger partial charge in [0, 0.05) is 0 Å². The zero-order valence-electron chi connectivity index (χ0n) is 8.68. The number of halogens is 2. The SMILES string of the molecule is Cc1ccc([C@@H](C)NC(=O)CCl)cc1F. The number of carbonyl (C=O) groups is 1. The molecule has 1 aromatic rings. The Morgan fingerprint density at radius 2 is 2.27 bits per heavy atom. The van der Waals surface area contributed by atoms with Crippen LogP contribution in [-0.2, 0) is 4.79 Å². The molecule has 0 aliphatic heterocycles. The van der Waals surface area contributed by atoms with E-state index in [9.17, 15) is 9.18 Å². The lowest BCUT2D eigenvalue weighted by atomic mass is 10.1. The Morgan fingerprint density at radius 3 is 2.80 bits per heavy atom. The van der Waals surface area contributed by atoms with Crippen molar-refractivity contribution in [1.29, 1.82) is 0 Å². The monoisotopic (exact) mass is 229 g/mol. The lowest BCUT2D eigenvalue weighted by molar-refractivity contribution is -0.119. The van der Waals surface area contributed by atoms with Crippen molar-refractivity contribution >= 4 is 17.5 Å². The van der Waals surface area contributed by atoms with Crippen molar-refractivity contribution in [2.24, 2.45) is 0 Å². The molecule has 1 atom stereocenters. The Kier molecular flexibility index (Phi) is 4.09. The summed E-state index contributed by atoms with van der Waals surface area (Å²) in [6, 6.07) is 4.67. The molecule has 0 saturated carbocycles. The second-order valence-electron chi connectivity index (χ2n) is 3.43. The smallest absolute Gasteiger partial charge is 0.235 e. The molecule has 1 N–H and O–H groups in total. The van der Waals surface area contributed by atoms with Crippen molar-refractivity contribution < 1.29 is 9.18 Å². The van der Waals surface area contributed by atoms with E-state index in [1.54, 1.807) is 26.0 Å². The van der Waals surface area contributed by atoms with Gasteiger partial charge in [0.1, 0.15) is 11.7 Å².